The number of aromatic nitrogens is 3. The summed E-state index contributed by atoms with van der Waals surface area (Å²) in [5.74, 6) is 2.07. The Bertz CT molecular complexity index is 2080. The van der Waals surface area contributed by atoms with Crippen molar-refractivity contribution in [1.29, 1.82) is 5.41 Å². The number of likely N-dealkylation sites (N-methyl/N-ethyl adjacent to an activating group) is 1. The fraction of sp³-hybridized carbons (Fsp3) is 0.522. The Kier molecular flexibility index (Phi) is 12.9. The molecule has 11 nitrogen and oxygen atoms in total. The third kappa shape index (κ3) is 8.89. The first-order valence-electron chi connectivity index (χ1n) is 21.1. The van der Waals surface area contributed by atoms with Gasteiger partial charge in [-0.3, -0.25) is 14.6 Å². The number of carbonyl (C=O) groups excluding carboxylic acids is 1. The molecule has 1 aliphatic heterocycles. The monoisotopic (exact) mass is 807 g/mol. The highest BCUT2D eigenvalue weighted by Crippen LogP contribution is 2.46. The summed E-state index contributed by atoms with van der Waals surface area (Å²) in [6, 6.07) is 19.5. The van der Waals surface area contributed by atoms with Crippen molar-refractivity contribution >= 4 is 31.4 Å². The molecule has 1 aliphatic carbocycles. The van der Waals surface area contributed by atoms with Crippen LogP contribution in [0.15, 0.2) is 78.8 Å². The minimum Gasteiger partial charge on any atom is -0.484 e. The molecular weight excluding hydrogens is 741 g/mol. The summed E-state index contributed by atoms with van der Waals surface area (Å²) >= 11 is 0. The SMILES string of the molecule is Cc1ccc(N/C(=C\C(=N)C(C)(C)C)NC(=O)N[C@H]2CCC(Oc3ccc4nnc([C@]5(CO[Si](C(C)C)(C(C)C)C(C)C)CCCN5C)n4c3)c3ccccc32)cc1. The summed E-state index contributed by atoms with van der Waals surface area (Å²) < 4.78 is 16.2. The first-order chi connectivity index (χ1) is 27.4. The number of aryl methyl sites for hydroxylation is 1. The van der Waals surface area contributed by atoms with Crippen molar-refractivity contribution in [3.05, 3.63) is 101 Å². The molecule has 0 saturated carbocycles. The van der Waals surface area contributed by atoms with E-state index in [2.05, 4.69) is 91.1 Å². The number of nitrogens with one attached hydrogen (secondary N) is 4. The number of ether oxygens (including phenoxy) is 1. The number of urea groups is 1. The third-order valence-electron chi connectivity index (χ3n) is 12.6. The number of nitrogens with zero attached hydrogens (tertiary/aromatic N) is 4. The van der Waals surface area contributed by atoms with E-state index in [1.807, 2.05) is 82.4 Å². The van der Waals surface area contributed by atoms with Gasteiger partial charge < -0.3 is 25.2 Å². The fourth-order valence-electron chi connectivity index (χ4n) is 9.31. The number of fused-ring (bicyclic) bond motifs is 2. The topological polar surface area (TPSA) is 129 Å². The smallest absolute Gasteiger partial charge is 0.320 e. The molecule has 4 aromatic rings. The molecule has 1 saturated heterocycles. The van der Waals surface area contributed by atoms with Crippen molar-refractivity contribution in [2.24, 2.45) is 5.41 Å². The molecule has 0 spiro atoms. The average molecular weight is 807 g/mol. The van der Waals surface area contributed by atoms with E-state index in [0.29, 0.717) is 47.6 Å². The van der Waals surface area contributed by atoms with Gasteiger partial charge in [-0.05, 0) is 98.2 Å². The lowest BCUT2D eigenvalue weighted by Crippen LogP contribution is -2.53. The second-order valence-electron chi connectivity index (χ2n) is 18.5. The van der Waals surface area contributed by atoms with Gasteiger partial charge in [0.2, 0.25) is 0 Å². The zero-order chi connectivity index (χ0) is 42.0. The number of likely N-dealkylation sites (tertiary alicyclic amines) is 1. The average Bonchev–Trinajstić information content (AvgIpc) is 3.76. The van der Waals surface area contributed by atoms with Crippen LogP contribution in [0.1, 0.15) is 123 Å². The maximum Gasteiger partial charge on any atom is 0.320 e. The van der Waals surface area contributed by atoms with Gasteiger partial charge in [0.05, 0.1) is 18.8 Å². The molecular formula is C46H66N8O3Si. The van der Waals surface area contributed by atoms with E-state index < -0.39 is 13.9 Å². The van der Waals surface area contributed by atoms with Gasteiger partial charge in [-0.2, -0.15) is 0 Å². The molecule has 2 aromatic heterocycles. The van der Waals surface area contributed by atoms with E-state index in [-0.39, 0.29) is 23.6 Å². The van der Waals surface area contributed by atoms with E-state index in [4.69, 9.17) is 19.7 Å². The Morgan fingerprint density at radius 2 is 1.64 bits per heavy atom. The van der Waals surface area contributed by atoms with E-state index in [9.17, 15) is 4.79 Å². The molecule has 58 heavy (non-hydrogen) atoms. The van der Waals surface area contributed by atoms with Gasteiger partial charge in [0.1, 0.15) is 23.2 Å². The van der Waals surface area contributed by atoms with Crippen molar-refractivity contribution in [3.63, 3.8) is 0 Å². The number of pyridine rings is 1. The number of hydrogen-bond acceptors (Lipinski definition) is 8. The maximum absolute atomic E-state index is 13.6. The van der Waals surface area contributed by atoms with Gasteiger partial charge in [-0.15, -0.1) is 10.2 Å². The summed E-state index contributed by atoms with van der Waals surface area (Å²) in [4.78, 5) is 16.1. The molecule has 0 bridgehead atoms. The Hall–Kier alpha value is -4.52. The molecule has 2 amide bonds. The fourth-order valence-corrected chi connectivity index (χ4v) is 14.8. The highest BCUT2D eigenvalue weighted by atomic mass is 28.4. The number of rotatable bonds is 14. The van der Waals surface area contributed by atoms with Crippen LogP contribution in [-0.4, -0.2) is 59.8 Å². The van der Waals surface area contributed by atoms with Crippen LogP contribution in [-0.2, 0) is 9.96 Å². The summed E-state index contributed by atoms with van der Waals surface area (Å²) in [7, 11) is 0.0588. The van der Waals surface area contributed by atoms with Crippen LogP contribution in [0.4, 0.5) is 10.5 Å². The number of allylic oxidation sites excluding steroid dienone is 1. The number of anilines is 1. The van der Waals surface area contributed by atoms with Gasteiger partial charge >= 0.3 is 6.03 Å². The van der Waals surface area contributed by atoms with Gasteiger partial charge in [0.15, 0.2) is 19.8 Å². The van der Waals surface area contributed by atoms with Gasteiger partial charge in [0, 0.05) is 22.9 Å². The Morgan fingerprint density at radius 3 is 2.26 bits per heavy atom. The molecule has 4 N–H and O–H groups in total. The third-order valence-corrected chi connectivity index (χ3v) is 18.6. The largest absolute Gasteiger partial charge is 0.484 e. The lowest BCUT2D eigenvalue weighted by molar-refractivity contribution is 0.0763. The predicted octanol–water partition coefficient (Wildman–Crippen LogP) is 10.4. The Morgan fingerprint density at radius 1 is 0.966 bits per heavy atom. The van der Waals surface area contributed by atoms with Crippen molar-refractivity contribution in [2.75, 3.05) is 25.5 Å². The Balaban J connectivity index is 1.21. The predicted molar refractivity (Wildman–Crippen MR) is 237 cm³/mol. The standard InChI is InChI=1S/C46H66N8O3Si/c1-30(2)58(31(3)4,32(5)6)56-29-46(25-14-26-53(46)11)43-52-51-42-24-21-35(28-54(42)43)57-39-23-22-38(36-15-12-13-16-37(36)39)49-44(55)50-41(27-40(47)45(8,9)10)48-34-19-17-33(7)18-20-34/h12-13,15-21,24,27-28,30-32,38-39,47-48H,14,22-23,25-26,29H2,1-11H3,(H2,49,50,55)/b41-27+,47-40?/t38-,39?,46+/m0/s1. The highest BCUT2D eigenvalue weighted by molar-refractivity contribution is 6.77. The van der Waals surface area contributed by atoms with E-state index in [1.165, 1.54) is 0 Å². The highest BCUT2D eigenvalue weighted by Gasteiger charge is 2.50. The normalized spacial score (nSPS) is 20.5. The van der Waals surface area contributed by atoms with Gasteiger partial charge in [0.25, 0.3) is 0 Å². The number of hydrogen-bond donors (Lipinski definition) is 4. The van der Waals surface area contributed by atoms with E-state index in [1.54, 1.807) is 6.08 Å². The maximum atomic E-state index is 13.6. The van der Waals surface area contributed by atoms with Crippen LogP contribution in [0.5, 0.6) is 5.75 Å². The second kappa shape index (κ2) is 17.4. The molecule has 1 unspecified atom stereocenters. The van der Waals surface area contributed by atoms with Crippen LogP contribution in [0.25, 0.3) is 5.65 Å². The lowest BCUT2D eigenvalue weighted by Gasteiger charge is -2.45. The number of amides is 2. The summed E-state index contributed by atoms with van der Waals surface area (Å²) in [5.41, 5.74) is 5.88. The van der Waals surface area contributed by atoms with Crippen LogP contribution >= 0.6 is 0 Å². The molecule has 0 radical (unpaired) electrons. The van der Waals surface area contributed by atoms with E-state index in [0.717, 1.165) is 59.0 Å². The van der Waals surface area contributed by atoms with Gasteiger partial charge in [-0.25, -0.2) is 4.79 Å². The summed E-state index contributed by atoms with van der Waals surface area (Å²) in [6.07, 6.45) is 6.94. The second-order valence-corrected chi connectivity index (χ2v) is 23.9. The molecule has 6 rings (SSSR count). The summed E-state index contributed by atoms with van der Waals surface area (Å²) in [6.45, 7) is 23.6. The first-order valence-corrected chi connectivity index (χ1v) is 23.3. The molecule has 3 heterocycles. The molecule has 2 aromatic carbocycles. The minimum absolute atomic E-state index is 0.207. The number of benzene rings is 2. The van der Waals surface area contributed by atoms with Crippen LogP contribution in [0, 0.1) is 17.7 Å². The number of carbonyl (C=O) groups is 1. The minimum atomic E-state index is -2.14. The van der Waals surface area contributed by atoms with Crippen molar-refractivity contribution in [2.45, 2.75) is 129 Å². The Labute approximate surface area is 347 Å². The van der Waals surface area contributed by atoms with Crippen molar-refractivity contribution in [1.82, 2.24) is 30.1 Å². The molecule has 3 atom stereocenters. The van der Waals surface area contributed by atoms with Crippen LogP contribution in [0.3, 0.4) is 0 Å². The van der Waals surface area contributed by atoms with Crippen molar-refractivity contribution < 1.29 is 14.0 Å². The zero-order valence-electron chi connectivity index (χ0n) is 36.6. The quantitative estimate of drug-likeness (QED) is 0.0738. The molecule has 312 valence electrons. The molecule has 12 heteroatoms. The first kappa shape index (κ1) is 43.1. The van der Waals surface area contributed by atoms with Crippen LogP contribution < -0.4 is 20.7 Å². The van der Waals surface area contributed by atoms with Crippen LogP contribution in [0.2, 0.25) is 16.6 Å². The van der Waals surface area contributed by atoms with Gasteiger partial charge in [-0.1, -0.05) is 104 Å². The summed E-state index contributed by atoms with van der Waals surface area (Å²) in [5, 5.41) is 27.7. The zero-order valence-corrected chi connectivity index (χ0v) is 37.6. The molecule has 2 aliphatic rings. The molecule has 1 fully saturated rings. The van der Waals surface area contributed by atoms with Crippen molar-refractivity contribution in [3.8, 4) is 5.75 Å². The lowest BCUT2D eigenvalue weighted by atomic mass is 9.85. The van der Waals surface area contributed by atoms with E-state index >= 15 is 0 Å².